The predicted octanol–water partition coefficient (Wildman–Crippen LogP) is 4.65. The Morgan fingerprint density at radius 3 is 2.67 bits per heavy atom. The van der Waals surface area contributed by atoms with Crippen molar-refractivity contribution in [3.63, 3.8) is 0 Å². The second kappa shape index (κ2) is 6.92. The summed E-state index contributed by atoms with van der Waals surface area (Å²) in [6.07, 6.45) is 0. The highest BCUT2D eigenvalue weighted by Gasteiger charge is 2.11. The monoisotopic (exact) mass is 307 g/mol. The van der Waals surface area contributed by atoms with E-state index in [1.165, 1.54) is 11.6 Å². The lowest BCUT2D eigenvalue weighted by atomic mass is 10.0. The van der Waals surface area contributed by atoms with E-state index >= 15 is 0 Å². The van der Waals surface area contributed by atoms with Gasteiger partial charge in [-0.25, -0.2) is 4.39 Å². The van der Waals surface area contributed by atoms with E-state index in [0.29, 0.717) is 6.54 Å². The van der Waals surface area contributed by atoms with Crippen LogP contribution in [-0.4, -0.2) is 7.11 Å². The summed E-state index contributed by atoms with van der Waals surface area (Å²) in [5.41, 5.74) is 3.23. The van der Waals surface area contributed by atoms with Crippen molar-refractivity contribution in [3.05, 3.63) is 63.9 Å². The first-order chi connectivity index (χ1) is 10.0. The fraction of sp³-hybridized carbons (Fsp3) is 0.294. The molecule has 4 heteroatoms. The van der Waals surface area contributed by atoms with Crippen LogP contribution in [-0.2, 0) is 6.54 Å². The van der Waals surface area contributed by atoms with Crippen molar-refractivity contribution in [3.8, 4) is 5.75 Å². The van der Waals surface area contributed by atoms with Crippen LogP contribution in [0.3, 0.4) is 0 Å². The van der Waals surface area contributed by atoms with Crippen molar-refractivity contribution in [1.82, 2.24) is 5.32 Å². The van der Waals surface area contributed by atoms with Crippen molar-refractivity contribution in [2.24, 2.45) is 0 Å². The number of hydrogen-bond acceptors (Lipinski definition) is 2. The summed E-state index contributed by atoms with van der Waals surface area (Å²) in [6, 6.07) is 11.0. The standard InChI is InChI=1S/C17H19ClFNO/c1-11-4-7-17(21-3)14(8-11)12(2)20-10-13-5-6-16(19)15(18)9-13/h4-9,12,20H,10H2,1-3H3. The summed E-state index contributed by atoms with van der Waals surface area (Å²) in [6.45, 7) is 4.73. The summed E-state index contributed by atoms with van der Waals surface area (Å²) in [7, 11) is 1.67. The highest BCUT2D eigenvalue weighted by atomic mass is 35.5. The zero-order chi connectivity index (χ0) is 15.4. The van der Waals surface area contributed by atoms with Crippen LogP contribution < -0.4 is 10.1 Å². The minimum absolute atomic E-state index is 0.115. The van der Waals surface area contributed by atoms with Crippen LogP contribution in [0, 0.1) is 12.7 Å². The molecule has 0 aliphatic rings. The zero-order valence-corrected chi connectivity index (χ0v) is 13.2. The van der Waals surface area contributed by atoms with Gasteiger partial charge in [0.05, 0.1) is 12.1 Å². The van der Waals surface area contributed by atoms with E-state index in [2.05, 4.69) is 25.2 Å². The molecule has 0 saturated heterocycles. The van der Waals surface area contributed by atoms with E-state index in [9.17, 15) is 4.39 Å². The summed E-state index contributed by atoms with van der Waals surface area (Å²) >= 11 is 5.79. The number of hydrogen-bond donors (Lipinski definition) is 1. The molecule has 112 valence electrons. The molecule has 21 heavy (non-hydrogen) atoms. The Hall–Kier alpha value is -1.58. The van der Waals surface area contributed by atoms with Gasteiger partial charge >= 0.3 is 0 Å². The smallest absolute Gasteiger partial charge is 0.141 e. The Labute approximate surface area is 129 Å². The van der Waals surface area contributed by atoms with Crippen LogP contribution in [0.1, 0.15) is 29.7 Å². The third kappa shape index (κ3) is 3.96. The fourth-order valence-corrected chi connectivity index (χ4v) is 2.43. The average molecular weight is 308 g/mol. The molecule has 1 unspecified atom stereocenters. The molecule has 2 rings (SSSR count). The fourth-order valence-electron chi connectivity index (χ4n) is 2.22. The quantitative estimate of drug-likeness (QED) is 0.868. The summed E-state index contributed by atoms with van der Waals surface area (Å²) in [4.78, 5) is 0. The van der Waals surface area contributed by atoms with Gasteiger partial charge in [0.2, 0.25) is 0 Å². The van der Waals surface area contributed by atoms with E-state index in [4.69, 9.17) is 16.3 Å². The third-order valence-electron chi connectivity index (χ3n) is 3.45. The highest BCUT2D eigenvalue weighted by Crippen LogP contribution is 2.26. The summed E-state index contributed by atoms with van der Waals surface area (Å²) in [5, 5.41) is 3.55. The average Bonchev–Trinajstić information content (AvgIpc) is 2.48. The molecule has 0 amide bonds. The van der Waals surface area contributed by atoms with Gasteiger partial charge in [-0.2, -0.15) is 0 Å². The number of aryl methyl sites for hydroxylation is 1. The number of benzene rings is 2. The maximum absolute atomic E-state index is 13.1. The molecule has 0 spiro atoms. The van der Waals surface area contributed by atoms with Crippen molar-refractivity contribution in [2.75, 3.05) is 7.11 Å². The van der Waals surface area contributed by atoms with Gasteiger partial charge in [0, 0.05) is 18.2 Å². The molecular weight excluding hydrogens is 289 g/mol. The van der Waals surface area contributed by atoms with Gasteiger partial charge in [-0.15, -0.1) is 0 Å². The lowest BCUT2D eigenvalue weighted by Crippen LogP contribution is -2.19. The topological polar surface area (TPSA) is 21.3 Å². The van der Waals surface area contributed by atoms with Crippen molar-refractivity contribution >= 4 is 11.6 Å². The molecule has 0 aromatic heterocycles. The largest absolute Gasteiger partial charge is 0.496 e. The highest BCUT2D eigenvalue weighted by molar-refractivity contribution is 6.30. The second-order valence-corrected chi connectivity index (χ2v) is 5.50. The molecule has 0 heterocycles. The van der Waals surface area contributed by atoms with Crippen molar-refractivity contribution in [2.45, 2.75) is 26.4 Å². The lowest BCUT2D eigenvalue weighted by molar-refractivity contribution is 0.401. The maximum Gasteiger partial charge on any atom is 0.141 e. The molecule has 1 N–H and O–H groups in total. The molecule has 2 aromatic rings. The Bertz CT molecular complexity index is 630. The van der Waals surface area contributed by atoms with Crippen LogP contribution in [0.5, 0.6) is 5.75 Å². The Balaban J connectivity index is 2.09. The van der Waals surface area contributed by atoms with Crippen LogP contribution >= 0.6 is 11.6 Å². The molecule has 0 radical (unpaired) electrons. The van der Waals surface area contributed by atoms with Gasteiger partial charge in [0.15, 0.2) is 0 Å². The normalized spacial score (nSPS) is 12.2. The third-order valence-corrected chi connectivity index (χ3v) is 3.74. The summed E-state index contributed by atoms with van der Waals surface area (Å²) in [5.74, 6) is 0.464. The predicted molar refractivity (Wildman–Crippen MR) is 84.4 cm³/mol. The van der Waals surface area contributed by atoms with Crippen molar-refractivity contribution < 1.29 is 9.13 Å². The van der Waals surface area contributed by atoms with Gasteiger partial charge in [0.25, 0.3) is 0 Å². The van der Waals surface area contributed by atoms with E-state index < -0.39 is 5.82 Å². The molecule has 2 nitrogen and oxygen atoms in total. The van der Waals surface area contributed by atoms with E-state index in [1.807, 2.05) is 12.1 Å². The minimum atomic E-state index is -0.395. The Morgan fingerprint density at radius 2 is 2.00 bits per heavy atom. The first-order valence-corrected chi connectivity index (χ1v) is 7.21. The van der Waals surface area contributed by atoms with E-state index in [0.717, 1.165) is 16.9 Å². The number of methoxy groups -OCH3 is 1. The van der Waals surface area contributed by atoms with Gasteiger partial charge in [-0.05, 0) is 37.6 Å². The van der Waals surface area contributed by atoms with E-state index in [1.54, 1.807) is 19.2 Å². The molecular formula is C17H19ClFNO. The molecule has 0 bridgehead atoms. The van der Waals surface area contributed by atoms with Gasteiger partial charge in [-0.1, -0.05) is 35.4 Å². The number of halogens is 2. The molecule has 0 saturated carbocycles. The first kappa shape index (κ1) is 15.8. The number of ether oxygens (including phenoxy) is 1. The Kier molecular flexibility index (Phi) is 5.21. The molecule has 0 aliphatic carbocycles. The Morgan fingerprint density at radius 1 is 1.24 bits per heavy atom. The van der Waals surface area contributed by atoms with Gasteiger partial charge in [-0.3, -0.25) is 0 Å². The minimum Gasteiger partial charge on any atom is -0.496 e. The van der Waals surface area contributed by atoms with E-state index in [-0.39, 0.29) is 11.1 Å². The molecule has 0 fully saturated rings. The van der Waals surface area contributed by atoms with Crippen LogP contribution in [0.25, 0.3) is 0 Å². The summed E-state index contributed by atoms with van der Waals surface area (Å²) < 4.78 is 18.5. The van der Waals surface area contributed by atoms with Crippen LogP contribution in [0.4, 0.5) is 4.39 Å². The van der Waals surface area contributed by atoms with Crippen LogP contribution in [0.2, 0.25) is 5.02 Å². The second-order valence-electron chi connectivity index (χ2n) is 5.10. The lowest BCUT2D eigenvalue weighted by Gasteiger charge is -2.18. The number of nitrogens with one attached hydrogen (secondary N) is 1. The molecule has 1 atom stereocenters. The zero-order valence-electron chi connectivity index (χ0n) is 12.4. The maximum atomic E-state index is 13.1. The van der Waals surface area contributed by atoms with Crippen LogP contribution in [0.15, 0.2) is 36.4 Å². The van der Waals surface area contributed by atoms with Gasteiger partial charge in [0.1, 0.15) is 11.6 Å². The molecule has 0 aliphatic heterocycles. The SMILES string of the molecule is COc1ccc(C)cc1C(C)NCc1ccc(F)c(Cl)c1. The first-order valence-electron chi connectivity index (χ1n) is 6.83. The van der Waals surface area contributed by atoms with Crippen molar-refractivity contribution in [1.29, 1.82) is 0 Å². The number of rotatable bonds is 5. The van der Waals surface area contributed by atoms with Gasteiger partial charge < -0.3 is 10.1 Å². The molecule has 2 aromatic carbocycles.